The molecule has 0 spiro atoms. The molecule has 5 atom stereocenters. The molecule has 1 aliphatic carbocycles. The van der Waals surface area contributed by atoms with Crippen molar-refractivity contribution in [2.45, 2.75) is 94.3 Å². The topological polar surface area (TPSA) is 200 Å². The van der Waals surface area contributed by atoms with Crippen molar-refractivity contribution in [1.29, 1.82) is 0 Å². The number of nitrogens with two attached hydrogens (primary N) is 1. The summed E-state index contributed by atoms with van der Waals surface area (Å²) in [6.07, 6.45) is 4.64. The Balaban J connectivity index is 0.681. The zero-order valence-corrected chi connectivity index (χ0v) is 36.7. The number of halogens is 3. The van der Waals surface area contributed by atoms with E-state index in [0.29, 0.717) is 75.9 Å². The predicted molar refractivity (Wildman–Crippen MR) is 236 cm³/mol. The summed E-state index contributed by atoms with van der Waals surface area (Å²) in [4.78, 5) is 66.5. The van der Waals surface area contributed by atoms with Gasteiger partial charge in [-0.25, -0.2) is 27.9 Å². The number of alkyl halides is 3. The van der Waals surface area contributed by atoms with Gasteiger partial charge in [-0.1, -0.05) is 6.07 Å². The lowest BCUT2D eigenvalue weighted by atomic mass is 9.85. The van der Waals surface area contributed by atoms with Gasteiger partial charge in [-0.05, 0) is 69.1 Å². The maximum Gasteiger partial charge on any atom is 0.329 e. The van der Waals surface area contributed by atoms with Crippen LogP contribution in [0.4, 0.5) is 30.4 Å². The minimum atomic E-state index is -2.92. The number of aryl methyl sites for hydroxylation is 1. The molecule has 3 amide bonds. The molecule has 3 aromatic heterocycles. The molecule has 8 heterocycles. The van der Waals surface area contributed by atoms with Gasteiger partial charge in [0.05, 0.1) is 65.5 Å². The number of fused-ring (bicyclic) bond motifs is 3. The fourth-order valence-electron chi connectivity index (χ4n) is 10.9. The van der Waals surface area contributed by atoms with Crippen LogP contribution in [0.15, 0.2) is 47.7 Å². The number of carbonyl (C=O) groups excluding carboxylic acids is 3. The number of carbonyl (C=O) groups is 3. The van der Waals surface area contributed by atoms with Gasteiger partial charge in [-0.3, -0.25) is 38.4 Å². The van der Waals surface area contributed by atoms with Crippen molar-refractivity contribution in [2.24, 2.45) is 24.6 Å². The van der Waals surface area contributed by atoms with Crippen LogP contribution >= 0.6 is 0 Å². The number of nitrogens with zero attached hydrogens (tertiary/aromatic N) is 9. The number of para-hydroxylation sites is 1. The first-order valence-corrected chi connectivity index (χ1v) is 23.0. The van der Waals surface area contributed by atoms with E-state index in [1.54, 1.807) is 23.9 Å². The second-order valence-corrected chi connectivity index (χ2v) is 18.7. The zero-order chi connectivity index (χ0) is 45.8. The fourth-order valence-corrected chi connectivity index (χ4v) is 10.9. The highest BCUT2D eigenvalue weighted by Gasteiger charge is 2.41. The SMILES string of the molecule is Cn1c(=O)n(C2CCC(=O)NC2=O)c2cccc(N3CC(CO[C@H]4CCN(CC5CCC(n6cc(NC(=O)C(=CN)c7nccc(N8C[C@H]9CC8CO9)n7)c(C(F)F)n6)CC5)C[C@H]4F)C3)c21. The van der Waals surface area contributed by atoms with Crippen LogP contribution < -0.4 is 31.9 Å². The Bertz CT molecular complexity index is 2580. The van der Waals surface area contributed by atoms with Crippen LogP contribution in [-0.4, -0.2) is 128 Å². The molecule has 6 fully saturated rings. The molecule has 10 rings (SSSR count). The first-order chi connectivity index (χ1) is 31.9. The number of benzene rings is 1. The highest BCUT2D eigenvalue weighted by Crippen LogP contribution is 2.38. The molecule has 352 valence electrons. The third-order valence-corrected chi connectivity index (χ3v) is 14.4. The summed E-state index contributed by atoms with van der Waals surface area (Å²) in [6, 6.07) is 6.70. The van der Waals surface area contributed by atoms with Gasteiger partial charge in [-0.15, -0.1) is 0 Å². The third-order valence-electron chi connectivity index (χ3n) is 14.4. The maximum absolute atomic E-state index is 15.6. The minimum absolute atomic E-state index is 0.0500. The second-order valence-electron chi connectivity index (χ2n) is 18.7. The average Bonchev–Trinajstić information content (AvgIpc) is 4.09. The molecule has 1 aromatic carbocycles. The van der Waals surface area contributed by atoms with Gasteiger partial charge in [0.1, 0.15) is 18.0 Å². The third kappa shape index (κ3) is 8.44. The van der Waals surface area contributed by atoms with Crippen LogP contribution in [0.2, 0.25) is 0 Å². The van der Waals surface area contributed by atoms with E-state index in [4.69, 9.17) is 15.2 Å². The van der Waals surface area contributed by atoms with Gasteiger partial charge >= 0.3 is 5.69 Å². The number of aromatic nitrogens is 6. The Kier molecular flexibility index (Phi) is 12.1. The number of imidazole rings is 1. The van der Waals surface area contributed by atoms with Crippen molar-refractivity contribution in [3.63, 3.8) is 0 Å². The summed E-state index contributed by atoms with van der Waals surface area (Å²) < 4.78 is 60.6. The highest BCUT2D eigenvalue weighted by molar-refractivity contribution is 6.24. The van der Waals surface area contributed by atoms with Crippen molar-refractivity contribution in [2.75, 3.05) is 67.6 Å². The molecule has 66 heavy (non-hydrogen) atoms. The van der Waals surface area contributed by atoms with Gasteiger partial charge in [-0.2, -0.15) is 5.10 Å². The Morgan fingerprint density at radius 1 is 1.05 bits per heavy atom. The van der Waals surface area contributed by atoms with Crippen LogP contribution in [0.5, 0.6) is 0 Å². The smallest absolute Gasteiger partial charge is 0.329 e. The lowest BCUT2D eigenvalue weighted by Crippen LogP contribution is -2.51. The van der Waals surface area contributed by atoms with Crippen molar-refractivity contribution in [3.8, 4) is 0 Å². The molecule has 21 heteroatoms. The molecular weight excluding hydrogens is 862 g/mol. The number of morpholine rings is 1. The van der Waals surface area contributed by atoms with E-state index in [1.165, 1.54) is 15.4 Å². The summed E-state index contributed by atoms with van der Waals surface area (Å²) in [5.41, 5.74) is 7.12. The van der Waals surface area contributed by atoms with Gasteiger partial charge in [0, 0.05) is 77.2 Å². The van der Waals surface area contributed by atoms with E-state index in [-0.39, 0.29) is 72.2 Å². The maximum atomic E-state index is 15.6. The van der Waals surface area contributed by atoms with E-state index in [2.05, 4.69) is 40.4 Å². The summed E-state index contributed by atoms with van der Waals surface area (Å²) in [6.45, 7) is 4.81. The van der Waals surface area contributed by atoms with Crippen molar-refractivity contribution in [3.05, 3.63) is 64.9 Å². The molecular formula is C45H55F3N12O6. The first-order valence-electron chi connectivity index (χ1n) is 23.0. The molecule has 6 aliphatic rings. The van der Waals surface area contributed by atoms with Crippen LogP contribution in [0.3, 0.4) is 0 Å². The summed E-state index contributed by atoms with van der Waals surface area (Å²) >= 11 is 0. The number of hydrogen-bond acceptors (Lipinski definition) is 13. The quantitative estimate of drug-likeness (QED) is 0.130. The number of likely N-dealkylation sites (tertiary alicyclic amines) is 1. The number of ether oxygens (including phenoxy) is 2. The van der Waals surface area contributed by atoms with E-state index in [1.807, 2.05) is 18.2 Å². The highest BCUT2D eigenvalue weighted by atomic mass is 19.3. The van der Waals surface area contributed by atoms with E-state index >= 15 is 4.39 Å². The lowest BCUT2D eigenvalue weighted by Gasteiger charge is -2.43. The molecule has 2 unspecified atom stereocenters. The second kappa shape index (κ2) is 18.1. The number of imide groups is 1. The van der Waals surface area contributed by atoms with Crippen molar-refractivity contribution >= 4 is 51.5 Å². The first kappa shape index (κ1) is 44.1. The number of amides is 3. The molecule has 2 bridgehead atoms. The Morgan fingerprint density at radius 2 is 1.86 bits per heavy atom. The summed E-state index contributed by atoms with van der Waals surface area (Å²) in [5, 5.41) is 9.17. The van der Waals surface area contributed by atoms with E-state index < -0.39 is 42.3 Å². The Labute approximate surface area is 378 Å². The molecule has 4 N–H and O–H groups in total. The largest absolute Gasteiger partial charge is 0.404 e. The number of nitrogens with one attached hydrogen (secondary N) is 2. The normalized spacial score (nSPS) is 27.5. The van der Waals surface area contributed by atoms with E-state index in [9.17, 15) is 28.0 Å². The van der Waals surface area contributed by atoms with Crippen LogP contribution in [0, 0.1) is 11.8 Å². The fraction of sp³-hybridized carbons (Fsp3) is 0.578. The molecule has 5 saturated heterocycles. The van der Waals surface area contributed by atoms with Crippen LogP contribution in [0.1, 0.15) is 81.4 Å². The number of hydrogen-bond donors (Lipinski definition) is 3. The van der Waals surface area contributed by atoms with Gasteiger partial charge < -0.3 is 30.3 Å². The lowest BCUT2D eigenvalue weighted by molar-refractivity contribution is -0.135. The predicted octanol–water partition coefficient (Wildman–Crippen LogP) is 3.45. The van der Waals surface area contributed by atoms with Gasteiger partial charge in [0.15, 0.2) is 11.5 Å². The molecule has 0 radical (unpaired) electrons. The molecule has 1 saturated carbocycles. The zero-order valence-electron chi connectivity index (χ0n) is 36.7. The van der Waals surface area contributed by atoms with Crippen molar-refractivity contribution < 1.29 is 37.0 Å². The standard InChI is InChI=1S/C45H55F3N12O6/c1-55-40-33(3-2-4-34(40)60(45(55)64)35-9-10-38(61)53-44(35)63)57-18-26(19-57)23-66-36-12-14-56(21-31(36)46)17-25-5-7-27(8-6-25)59-22-32(39(54-59)41(47)48)51-43(62)30(16-49)42-50-13-11-37(52-42)58-20-29-15-28(58)24-65-29/h2-4,11,13,16,22,25-29,31,35-36,41H,5-10,12,14-15,17-21,23-24,49H2,1H3,(H,51,62)(H,53,61,63)/t25?,27?,28?,29-,31-,35?,36+/m1/s1. The number of rotatable bonds is 13. The van der Waals surface area contributed by atoms with Crippen LogP contribution in [-0.2, 0) is 30.9 Å². The van der Waals surface area contributed by atoms with Gasteiger partial charge in [0.2, 0.25) is 11.8 Å². The Morgan fingerprint density at radius 3 is 2.58 bits per heavy atom. The monoisotopic (exact) mass is 916 g/mol. The van der Waals surface area contributed by atoms with E-state index in [0.717, 1.165) is 43.2 Å². The van der Waals surface area contributed by atoms with Crippen LogP contribution in [0.25, 0.3) is 16.6 Å². The minimum Gasteiger partial charge on any atom is -0.404 e. The molecule has 18 nitrogen and oxygen atoms in total. The van der Waals surface area contributed by atoms with Crippen molar-refractivity contribution in [1.82, 2.24) is 39.1 Å². The molecule has 5 aliphatic heterocycles. The molecule has 4 aromatic rings. The average molecular weight is 917 g/mol. The summed E-state index contributed by atoms with van der Waals surface area (Å²) in [7, 11) is 1.69. The number of anilines is 3. The summed E-state index contributed by atoms with van der Waals surface area (Å²) in [5.74, 6) is -0.294. The Hall–Kier alpha value is -5.80. The van der Waals surface area contributed by atoms with Gasteiger partial charge in [0.25, 0.3) is 12.3 Å². The number of piperidine rings is 2.